The fourth-order valence-electron chi connectivity index (χ4n) is 0.905. The molecule has 0 fully saturated rings. The molecule has 15 heavy (non-hydrogen) atoms. The number of rotatable bonds is 3. The number of halogens is 1. The standard InChI is InChI=1S/C8H8INO4S/c9-5-8(11)10-6-1-3-7(4-2-6)15(12,13)14/h1-4H,5H2,(H,10,11)(H,12,13,14). The summed E-state index contributed by atoms with van der Waals surface area (Å²) in [5.74, 6) is -0.171. The summed E-state index contributed by atoms with van der Waals surface area (Å²) in [7, 11) is -4.17. The largest absolute Gasteiger partial charge is 0.325 e. The lowest BCUT2D eigenvalue weighted by Crippen LogP contribution is -2.12. The van der Waals surface area contributed by atoms with Gasteiger partial charge in [0.15, 0.2) is 0 Å². The Bertz CT molecular complexity index is 454. The summed E-state index contributed by atoms with van der Waals surface area (Å²) in [6.07, 6.45) is 0. The summed E-state index contributed by atoms with van der Waals surface area (Å²) in [5, 5.41) is 2.55. The van der Waals surface area contributed by atoms with Crippen LogP contribution in [0.1, 0.15) is 0 Å². The minimum atomic E-state index is -4.17. The van der Waals surface area contributed by atoms with Crippen molar-refractivity contribution in [1.82, 2.24) is 0 Å². The lowest BCUT2D eigenvalue weighted by Gasteiger charge is -2.03. The molecule has 0 radical (unpaired) electrons. The van der Waals surface area contributed by atoms with Crippen LogP contribution in [0.15, 0.2) is 29.2 Å². The highest BCUT2D eigenvalue weighted by atomic mass is 127. The third kappa shape index (κ3) is 3.76. The smallest absolute Gasteiger partial charge is 0.294 e. The lowest BCUT2D eigenvalue weighted by molar-refractivity contribution is -0.113. The van der Waals surface area contributed by atoms with Crippen LogP contribution in [0.2, 0.25) is 0 Å². The van der Waals surface area contributed by atoms with Gasteiger partial charge in [0.1, 0.15) is 0 Å². The highest BCUT2D eigenvalue weighted by Crippen LogP contribution is 2.13. The first kappa shape index (κ1) is 12.4. The number of nitrogens with one attached hydrogen (secondary N) is 1. The summed E-state index contributed by atoms with van der Waals surface area (Å²) in [5.41, 5.74) is 0.490. The van der Waals surface area contributed by atoms with Gasteiger partial charge in [0.2, 0.25) is 5.91 Å². The Kier molecular flexibility index (Phi) is 4.05. The average Bonchev–Trinajstić information content (AvgIpc) is 2.17. The van der Waals surface area contributed by atoms with E-state index in [0.717, 1.165) is 0 Å². The Labute approximate surface area is 101 Å². The van der Waals surface area contributed by atoms with E-state index in [2.05, 4.69) is 5.32 Å². The summed E-state index contributed by atoms with van der Waals surface area (Å²) < 4.78 is 30.4. The van der Waals surface area contributed by atoms with Crippen LogP contribution < -0.4 is 5.32 Å². The molecular formula is C8H8INO4S. The second-order valence-electron chi connectivity index (χ2n) is 2.68. The van der Waals surface area contributed by atoms with Gasteiger partial charge in [-0.15, -0.1) is 0 Å². The summed E-state index contributed by atoms with van der Waals surface area (Å²) >= 11 is 1.91. The molecule has 0 saturated carbocycles. The second kappa shape index (κ2) is 4.90. The fourth-order valence-corrected chi connectivity index (χ4v) is 1.58. The van der Waals surface area contributed by atoms with E-state index in [1.807, 2.05) is 22.6 Å². The first-order valence-corrected chi connectivity index (χ1v) is 6.83. The number of carbonyl (C=O) groups is 1. The van der Waals surface area contributed by atoms with Gasteiger partial charge in [-0.05, 0) is 24.3 Å². The maximum atomic E-state index is 11.0. The number of hydrogen-bond donors (Lipinski definition) is 2. The molecule has 0 aromatic heterocycles. The molecule has 0 bridgehead atoms. The zero-order chi connectivity index (χ0) is 11.5. The monoisotopic (exact) mass is 341 g/mol. The third-order valence-electron chi connectivity index (χ3n) is 1.56. The van der Waals surface area contributed by atoms with Crippen LogP contribution in [0.5, 0.6) is 0 Å². The number of amides is 1. The average molecular weight is 341 g/mol. The molecule has 1 rings (SSSR count). The van der Waals surface area contributed by atoms with Gasteiger partial charge in [0.05, 0.1) is 9.32 Å². The van der Waals surface area contributed by atoms with E-state index in [4.69, 9.17) is 4.55 Å². The quantitative estimate of drug-likeness (QED) is 0.493. The van der Waals surface area contributed by atoms with E-state index in [-0.39, 0.29) is 10.8 Å². The summed E-state index contributed by atoms with van der Waals surface area (Å²) in [4.78, 5) is 10.8. The van der Waals surface area contributed by atoms with Crippen LogP contribution in [-0.2, 0) is 14.9 Å². The van der Waals surface area contributed by atoms with Gasteiger partial charge in [0, 0.05) is 5.69 Å². The minimum absolute atomic E-state index is 0.171. The fraction of sp³-hybridized carbons (Fsp3) is 0.125. The third-order valence-corrected chi connectivity index (χ3v) is 3.12. The highest BCUT2D eigenvalue weighted by molar-refractivity contribution is 14.1. The van der Waals surface area contributed by atoms with E-state index >= 15 is 0 Å². The normalized spacial score (nSPS) is 11.1. The molecule has 0 saturated heterocycles. The van der Waals surface area contributed by atoms with Crippen molar-refractivity contribution in [2.45, 2.75) is 4.90 Å². The van der Waals surface area contributed by atoms with Crippen LogP contribution in [0.3, 0.4) is 0 Å². The SMILES string of the molecule is O=C(CI)Nc1ccc(S(=O)(=O)O)cc1. The van der Waals surface area contributed by atoms with Gasteiger partial charge in [-0.1, -0.05) is 22.6 Å². The van der Waals surface area contributed by atoms with E-state index < -0.39 is 10.1 Å². The van der Waals surface area contributed by atoms with Crippen molar-refractivity contribution < 1.29 is 17.8 Å². The zero-order valence-corrected chi connectivity index (χ0v) is 10.4. The van der Waals surface area contributed by atoms with Gasteiger partial charge < -0.3 is 5.32 Å². The van der Waals surface area contributed by atoms with Gasteiger partial charge >= 0.3 is 0 Å². The predicted octanol–water partition coefficient (Wildman–Crippen LogP) is 1.31. The molecule has 0 heterocycles. The van der Waals surface area contributed by atoms with Gasteiger partial charge in [0.25, 0.3) is 10.1 Å². The van der Waals surface area contributed by atoms with Gasteiger partial charge in [-0.3, -0.25) is 9.35 Å². The van der Waals surface area contributed by atoms with Crippen LogP contribution >= 0.6 is 22.6 Å². The molecule has 0 spiro atoms. The summed E-state index contributed by atoms with van der Waals surface area (Å²) in [6.45, 7) is 0. The van der Waals surface area contributed by atoms with Crippen molar-refractivity contribution in [3.8, 4) is 0 Å². The molecule has 5 nitrogen and oxygen atoms in total. The maximum Gasteiger partial charge on any atom is 0.294 e. The number of hydrogen-bond acceptors (Lipinski definition) is 3. The molecule has 1 aromatic carbocycles. The van der Waals surface area contributed by atoms with Crippen molar-refractivity contribution in [1.29, 1.82) is 0 Å². The topological polar surface area (TPSA) is 83.5 Å². The minimum Gasteiger partial charge on any atom is -0.325 e. The predicted molar refractivity (Wildman–Crippen MR) is 63.8 cm³/mol. The van der Waals surface area contributed by atoms with E-state index in [0.29, 0.717) is 10.1 Å². The number of benzene rings is 1. The summed E-state index contributed by atoms with van der Waals surface area (Å²) in [6, 6.07) is 5.26. The molecule has 0 aliphatic carbocycles. The molecular weight excluding hydrogens is 333 g/mol. The number of alkyl halides is 1. The molecule has 1 aromatic rings. The Balaban J connectivity index is 2.86. The number of carbonyl (C=O) groups excluding carboxylic acids is 1. The van der Waals surface area contributed by atoms with E-state index in [1.54, 1.807) is 0 Å². The van der Waals surface area contributed by atoms with Gasteiger partial charge in [-0.2, -0.15) is 8.42 Å². The van der Waals surface area contributed by atoms with Crippen molar-refractivity contribution >= 4 is 44.3 Å². The van der Waals surface area contributed by atoms with Crippen LogP contribution in [0.25, 0.3) is 0 Å². The highest BCUT2D eigenvalue weighted by Gasteiger charge is 2.08. The molecule has 2 N–H and O–H groups in total. The molecule has 1 amide bonds. The van der Waals surface area contributed by atoms with Gasteiger partial charge in [-0.25, -0.2) is 0 Å². The number of anilines is 1. The molecule has 0 aliphatic heterocycles. The Hall–Kier alpha value is -0.670. The molecule has 0 atom stereocenters. The molecule has 0 unspecified atom stereocenters. The van der Waals surface area contributed by atoms with Crippen LogP contribution in [-0.4, -0.2) is 23.3 Å². The van der Waals surface area contributed by atoms with Crippen molar-refractivity contribution in [3.05, 3.63) is 24.3 Å². The molecule has 0 aliphatic rings. The van der Waals surface area contributed by atoms with Crippen molar-refractivity contribution in [2.24, 2.45) is 0 Å². The lowest BCUT2D eigenvalue weighted by atomic mass is 10.3. The van der Waals surface area contributed by atoms with Crippen molar-refractivity contribution in [3.63, 3.8) is 0 Å². The van der Waals surface area contributed by atoms with E-state index in [1.165, 1.54) is 24.3 Å². The zero-order valence-electron chi connectivity index (χ0n) is 7.47. The Morgan fingerprint density at radius 2 is 1.87 bits per heavy atom. The molecule has 7 heteroatoms. The second-order valence-corrected chi connectivity index (χ2v) is 4.87. The Morgan fingerprint density at radius 3 is 2.27 bits per heavy atom. The van der Waals surface area contributed by atoms with Crippen LogP contribution in [0, 0.1) is 0 Å². The van der Waals surface area contributed by atoms with Crippen molar-refractivity contribution in [2.75, 3.05) is 9.74 Å². The maximum absolute atomic E-state index is 11.0. The first-order valence-electron chi connectivity index (χ1n) is 3.87. The Morgan fingerprint density at radius 1 is 1.33 bits per heavy atom. The molecule has 82 valence electrons. The first-order chi connectivity index (χ1) is 6.93. The van der Waals surface area contributed by atoms with E-state index in [9.17, 15) is 13.2 Å². The van der Waals surface area contributed by atoms with Crippen LogP contribution in [0.4, 0.5) is 5.69 Å².